The van der Waals surface area contributed by atoms with Gasteiger partial charge in [-0.3, -0.25) is 4.68 Å². The van der Waals surface area contributed by atoms with Gasteiger partial charge in [-0.25, -0.2) is 0 Å². The number of hydrogen-bond acceptors (Lipinski definition) is 2. The van der Waals surface area contributed by atoms with Crippen LogP contribution in [0.1, 0.15) is 29.9 Å². The van der Waals surface area contributed by atoms with Crippen molar-refractivity contribution in [2.75, 3.05) is 7.05 Å². The van der Waals surface area contributed by atoms with Crippen molar-refractivity contribution in [3.8, 4) is 0 Å². The Hall–Kier alpha value is -0.400. The second-order valence-corrected chi connectivity index (χ2v) is 6.88. The van der Waals surface area contributed by atoms with Crippen LogP contribution in [0.25, 0.3) is 0 Å². The molecule has 1 unspecified atom stereocenters. The van der Waals surface area contributed by atoms with Crippen molar-refractivity contribution in [2.45, 2.75) is 32.9 Å². The van der Waals surface area contributed by atoms with Crippen LogP contribution in [0.4, 0.5) is 0 Å². The third kappa shape index (κ3) is 3.62. The summed E-state index contributed by atoms with van der Waals surface area (Å²) < 4.78 is 4.49. The molecule has 108 valence electrons. The predicted octanol–water partition coefficient (Wildman–Crippen LogP) is 4.08. The number of halogens is 2. The molecule has 0 saturated carbocycles. The number of nitrogens with one attached hydrogen (secondary N) is 1. The topological polar surface area (TPSA) is 29.9 Å². The smallest absolute Gasteiger partial charge is 0.0596 e. The molecule has 1 heterocycles. The predicted molar refractivity (Wildman–Crippen MR) is 95.0 cm³/mol. The molecule has 0 aliphatic carbocycles. The fourth-order valence-electron chi connectivity index (χ4n) is 2.40. The van der Waals surface area contributed by atoms with Crippen LogP contribution in [0.5, 0.6) is 0 Å². The molecular weight excluding hydrogens is 429 g/mol. The number of rotatable bonds is 5. The summed E-state index contributed by atoms with van der Waals surface area (Å²) in [5, 5.41) is 7.96. The minimum absolute atomic E-state index is 0.292. The fraction of sp³-hybridized carbons (Fsp3) is 0.400. The molecule has 5 heteroatoms. The van der Waals surface area contributed by atoms with E-state index in [2.05, 4.69) is 84.8 Å². The third-order valence-electron chi connectivity index (χ3n) is 3.38. The highest BCUT2D eigenvalue weighted by Gasteiger charge is 2.16. The maximum Gasteiger partial charge on any atom is 0.0596 e. The Bertz CT molecular complexity index is 595. The van der Waals surface area contributed by atoms with Crippen LogP contribution in [0.3, 0.4) is 0 Å². The summed E-state index contributed by atoms with van der Waals surface area (Å²) in [6, 6.07) is 8.90. The van der Waals surface area contributed by atoms with E-state index in [1.165, 1.54) is 14.8 Å². The normalized spacial score (nSPS) is 12.7. The van der Waals surface area contributed by atoms with Gasteiger partial charge in [-0.2, -0.15) is 5.10 Å². The molecule has 0 bridgehead atoms. The molecule has 0 aliphatic rings. The molecule has 0 aliphatic heterocycles. The number of likely N-dealkylation sites (N-methyl/N-ethyl adjacent to an activating group) is 1. The summed E-state index contributed by atoms with van der Waals surface area (Å²) in [5.74, 6) is 0. The zero-order valence-electron chi connectivity index (χ0n) is 12.0. The van der Waals surface area contributed by atoms with Gasteiger partial charge in [0.2, 0.25) is 0 Å². The van der Waals surface area contributed by atoms with E-state index in [0.29, 0.717) is 6.04 Å². The van der Waals surface area contributed by atoms with Crippen LogP contribution in [0, 0.1) is 10.5 Å². The third-order valence-corrected chi connectivity index (χ3v) is 4.86. The summed E-state index contributed by atoms with van der Waals surface area (Å²) in [4.78, 5) is 0. The van der Waals surface area contributed by atoms with Gasteiger partial charge in [-0.05, 0) is 73.3 Å². The Balaban J connectivity index is 2.30. The Kier molecular flexibility index (Phi) is 5.63. The number of nitrogens with zero attached hydrogens (tertiary/aromatic N) is 2. The maximum atomic E-state index is 4.53. The first kappa shape index (κ1) is 16.0. The molecule has 0 fully saturated rings. The zero-order chi connectivity index (χ0) is 14.7. The summed E-state index contributed by atoms with van der Waals surface area (Å²) in [6.45, 7) is 5.09. The Morgan fingerprint density at radius 3 is 2.80 bits per heavy atom. The van der Waals surface area contributed by atoms with Gasteiger partial charge >= 0.3 is 0 Å². The van der Waals surface area contributed by atoms with Gasteiger partial charge in [0.1, 0.15) is 0 Å². The minimum Gasteiger partial charge on any atom is -0.313 e. The first-order chi connectivity index (χ1) is 9.55. The molecule has 1 atom stereocenters. The van der Waals surface area contributed by atoms with Crippen molar-refractivity contribution in [2.24, 2.45) is 0 Å². The molecule has 2 rings (SSSR count). The lowest BCUT2D eigenvalue weighted by atomic mass is 10.0. The Morgan fingerprint density at radius 1 is 1.40 bits per heavy atom. The molecule has 1 aromatic carbocycles. The average Bonchev–Trinajstić information content (AvgIpc) is 2.79. The number of hydrogen-bond donors (Lipinski definition) is 1. The highest BCUT2D eigenvalue weighted by molar-refractivity contribution is 14.1. The number of benzene rings is 1. The second-order valence-electron chi connectivity index (χ2n) is 4.80. The maximum absolute atomic E-state index is 4.53. The van der Waals surface area contributed by atoms with Gasteiger partial charge in [-0.1, -0.05) is 15.9 Å². The lowest BCUT2D eigenvalue weighted by Gasteiger charge is -2.19. The van der Waals surface area contributed by atoms with Crippen molar-refractivity contribution < 1.29 is 0 Å². The van der Waals surface area contributed by atoms with E-state index in [1.54, 1.807) is 0 Å². The van der Waals surface area contributed by atoms with Gasteiger partial charge in [0.15, 0.2) is 0 Å². The molecule has 1 N–H and O–H groups in total. The van der Waals surface area contributed by atoms with E-state index in [9.17, 15) is 0 Å². The van der Waals surface area contributed by atoms with E-state index in [1.807, 2.05) is 14.0 Å². The van der Waals surface area contributed by atoms with Crippen LogP contribution in [-0.4, -0.2) is 16.8 Å². The standard InChI is InChI=1S/C15H19BrIN3/c1-4-20-12(7-10(2)19-20)9-15(18-3)13-8-11(16)5-6-14(13)17/h5-8,15,18H,4,9H2,1-3H3. The van der Waals surface area contributed by atoms with Gasteiger partial charge < -0.3 is 5.32 Å². The molecule has 1 aromatic heterocycles. The van der Waals surface area contributed by atoms with Crippen LogP contribution >= 0.6 is 38.5 Å². The van der Waals surface area contributed by atoms with Crippen molar-refractivity contribution >= 4 is 38.5 Å². The Labute approximate surface area is 142 Å². The van der Waals surface area contributed by atoms with Gasteiger partial charge in [0, 0.05) is 32.7 Å². The van der Waals surface area contributed by atoms with Crippen LogP contribution < -0.4 is 5.32 Å². The minimum atomic E-state index is 0.292. The van der Waals surface area contributed by atoms with Crippen LogP contribution in [0.15, 0.2) is 28.7 Å². The van der Waals surface area contributed by atoms with E-state index in [-0.39, 0.29) is 0 Å². The monoisotopic (exact) mass is 447 g/mol. The summed E-state index contributed by atoms with van der Waals surface area (Å²) in [6.07, 6.45) is 0.942. The lowest BCUT2D eigenvalue weighted by molar-refractivity contribution is 0.539. The number of aryl methyl sites for hydroxylation is 2. The lowest BCUT2D eigenvalue weighted by Crippen LogP contribution is -2.21. The molecule has 0 amide bonds. The molecule has 3 nitrogen and oxygen atoms in total. The SMILES string of the molecule is CCn1nc(C)cc1CC(NC)c1cc(Br)ccc1I. The summed E-state index contributed by atoms with van der Waals surface area (Å²) in [5.41, 5.74) is 3.68. The molecule has 2 aromatic rings. The van der Waals surface area contributed by atoms with Crippen LogP contribution in [-0.2, 0) is 13.0 Å². The summed E-state index contributed by atoms with van der Waals surface area (Å²) >= 11 is 5.96. The number of aromatic nitrogens is 2. The van der Waals surface area contributed by atoms with Crippen molar-refractivity contribution in [3.05, 3.63) is 49.3 Å². The van der Waals surface area contributed by atoms with E-state index < -0.39 is 0 Å². The zero-order valence-corrected chi connectivity index (χ0v) is 15.7. The van der Waals surface area contributed by atoms with E-state index in [4.69, 9.17) is 0 Å². The van der Waals surface area contributed by atoms with Crippen molar-refractivity contribution in [1.82, 2.24) is 15.1 Å². The molecule has 0 saturated heterocycles. The molecule has 0 radical (unpaired) electrons. The fourth-order valence-corrected chi connectivity index (χ4v) is 3.49. The van der Waals surface area contributed by atoms with Crippen molar-refractivity contribution in [3.63, 3.8) is 0 Å². The van der Waals surface area contributed by atoms with Crippen LogP contribution in [0.2, 0.25) is 0 Å². The van der Waals surface area contributed by atoms with Gasteiger partial charge in [-0.15, -0.1) is 0 Å². The highest BCUT2D eigenvalue weighted by Crippen LogP contribution is 2.26. The first-order valence-corrected chi connectivity index (χ1v) is 8.57. The summed E-state index contributed by atoms with van der Waals surface area (Å²) in [7, 11) is 2.02. The largest absolute Gasteiger partial charge is 0.313 e. The second kappa shape index (κ2) is 7.04. The van der Waals surface area contributed by atoms with Crippen molar-refractivity contribution in [1.29, 1.82) is 0 Å². The van der Waals surface area contributed by atoms with E-state index >= 15 is 0 Å². The van der Waals surface area contributed by atoms with Gasteiger partial charge in [0.25, 0.3) is 0 Å². The van der Waals surface area contributed by atoms with Gasteiger partial charge in [0.05, 0.1) is 5.69 Å². The first-order valence-electron chi connectivity index (χ1n) is 6.70. The molecule has 20 heavy (non-hydrogen) atoms. The Morgan fingerprint density at radius 2 is 2.15 bits per heavy atom. The highest BCUT2D eigenvalue weighted by atomic mass is 127. The quantitative estimate of drug-likeness (QED) is 0.700. The molecule has 0 spiro atoms. The van der Waals surface area contributed by atoms with E-state index in [0.717, 1.165) is 23.1 Å². The average molecular weight is 448 g/mol. The molecular formula is C15H19BrIN3.